The standard InChI is InChI=1S/C11H9ClN4OS/c1-2-16-10(17)14-15-11(16)18-9-4-3-8(12)5-7(9)6-13/h3-5H,2H2,1H3,(H,14,17). The molecule has 1 N–H and O–H groups in total. The highest BCUT2D eigenvalue weighted by Crippen LogP contribution is 2.29. The summed E-state index contributed by atoms with van der Waals surface area (Å²) in [5, 5.41) is 16.4. The van der Waals surface area contributed by atoms with Gasteiger partial charge < -0.3 is 0 Å². The molecule has 0 unspecified atom stereocenters. The molecule has 92 valence electrons. The number of aromatic nitrogens is 3. The molecule has 0 amide bonds. The minimum absolute atomic E-state index is 0.257. The highest BCUT2D eigenvalue weighted by atomic mass is 35.5. The Balaban J connectivity index is 2.40. The first-order valence-corrected chi connectivity index (χ1v) is 6.38. The molecule has 0 saturated carbocycles. The van der Waals surface area contributed by atoms with Gasteiger partial charge in [-0.3, -0.25) is 4.57 Å². The first-order chi connectivity index (χ1) is 8.65. The maximum Gasteiger partial charge on any atom is 0.343 e. The van der Waals surface area contributed by atoms with Crippen LogP contribution in [0.5, 0.6) is 0 Å². The van der Waals surface area contributed by atoms with Gasteiger partial charge in [0.05, 0.1) is 5.56 Å². The van der Waals surface area contributed by atoms with Crippen LogP contribution in [0, 0.1) is 11.3 Å². The molecule has 0 bridgehead atoms. The highest BCUT2D eigenvalue weighted by molar-refractivity contribution is 7.99. The summed E-state index contributed by atoms with van der Waals surface area (Å²) in [6.45, 7) is 2.38. The Morgan fingerprint density at radius 3 is 3.06 bits per heavy atom. The Bertz CT molecular complexity index is 670. The van der Waals surface area contributed by atoms with Gasteiger partial charge in [-0.05, 0) is 36.9 Å². The van der Waals surface area contributed by atoms with Crippen LogP contribution in [0.2, 0.25) is 5.02 Å². The van der Waals surface area contributed by atoms with E-state index in [1.165, 1.54) is 16.3 Å². The average Bonchev–Trinajstić information content (AvgIpc) is 2.72. The zero-order valence-corrected chi connectivity index (χ0v) is 11.0. The Hall–Kier alpha value is -1.71. The van der Waals surface area contributed by atoms with Crippen molar-refractivity contribution in [1.82, 2.24) is 14.8 Å². The number of rotatable bonds is 3. The summed E-state index contributed by atoms with van der Waals surface area (Å²) in [6.07, 6.45) is 0. The molecule has 0 fully saturated rings. The van der Waals surface area contributed by atoms with Gasteiger partial charge in [0.2, 0.25) is 0 Å². The van der Waals surface area contributed by atoms with E-state index in [0.717, 1.165) is 4.90 Å². The number of hydrogen-bond donors (Lipinski definition) is 1. The van der Waals surface area contributed by atoms with E-state index in [4.69, 9.17) is 16.9 Å². The number of nitrogens with one attached hydrogen (secondary N) is 1. The van der Waals surface area contributed by atoms with Crippen LogP contribution in [-0.4, -0.2) is 14.8 Å². The molecule has 0 aliphatic rings. The van der Waals surface area contributed by atoms with Gasteiger partial charge in [0.1, 0.15) is 6.07 Å². The Kier molecular flexibility index (Phi) is 3.75. The van der Waals surface area contributed by atoms with Crippen molar-refractivity contribution in [3.8, 4) is 6.07 Å². The predicted octanol–water partition coefficient (Wildman–Crippen LogP) is 2.27. The number of benzene rings is 1. The molecule has 1 heterocycles. The normalized spacial score (nSPS) is 10.3. The van der Waals surface area contributed by atoms with Gasteiger partial charge >= 0.3 is 5.69 Å². The van der Waals surface area contributed by atoms with Crippen molar-refractivity contribution in [3.63, 3.8) is 0 Å². The molecular weight excluding hydrogens is 272 g/mol. The zero-order valence-electron chi connectivity index (χ0n) is 9.48. The van der Waals surface area contributed by atoms with E-state index >= 15 is 0 Å². The summed E-state index contributed by atoms with van der Waals surface area (Å²) in [4.78, 5) is 12.1. The molecule has 0 spiro atoms. The maximum atomic E-state index is 11.4. The first-order valence-electron chi connectivity index (χ1n) is 5.18. The van der Waals surface area contributed by atoms with Gasteiger partial charge in [0, 0.05) is 16.5 Å². The lowest BCUT2D eigenvalue weighted by Crippen LogP contribution is -2.16. The monoisotopic (exact) mass is 280 g/mol. The fourth-order valence-corrected chi connectivity index (χ4v) is 2.57. The fraction of sp³-hybridized carbons (Fsp3) is 0.182. The Morgan fingerprint density at radius 1 is 1.61 bits per heavy atom. The number of aromatic amines is 1. The van der Waals surface area contributed by atoms with E-state index < -0.39 is 0 Å². The van der Waals surface area contributed by atoms with Crippen LogP contribution in [0.25, 0.3) is 0 Å². The van der Waals surface area contributed by atoms with Crippen molar-refractivity contribution in [1.29, 1.82) is 5.26 Å². The third-order valence-electron chi connectivity index (χ3n) is 2.30. The molecule has 0 aliphatic heterocycles. The van der Waals surface area contributed by atoms with Gasteiger partial charge in [-0.25, -0.2) is 9.89 Å². The highest BCUT2D eigenvalue weighted by Gasteiger charge is 2.11. The summed E-state index contributed by atoms with van der Waals surface area (Å²) < 4.78 is 1.50. The fourth-order valence-electron chi connectivity index (χ4n) is 1.44. The first kappa shape index (κ1) is 12.7. The van der Waals surface area contributed by atoms with Gasteiger partial charge in [0.15, 0.2) is 5.16 Å². The summed E-state index contributed by atoms with van der Waals surface area (Å²) in [5.41, 5.74) is 0.207. The largest absolute Gasteiger partial charge is 0.343 e. The molecule has 2 rings (SSSR count). The van der Waals surface area contributed by atoms with E-state index in [0.29, 0.717) is 22.3 Å². The van der Waals surface area contributed by atoms with E-state index in [1.807, 2.05) is 6.92 Å². The van der Waals surface area contributed by atoms with Crippen LogP contribution in [0.3, 0.4) is 0 Å². The molecule has 0 radical (unpaired) electrons. The van der Waals surface area contributed by atoms with Crippen molar-refractivity contribution >= 4 is 23.4 Å². The average molecular weight is 281 g/mol. The minimum Gasteiger partial charge on any atom is -0.270 e. The predicted molar refractivity (Wildman–Crippen MR) is 68.8 cm³/mol. The molecular formula is C11H9ClN4OS. The van der Waals surface area contributed by atoms with Crippen LogP contribution >= 0.6 is 23.4 Å². The van der Waals surface area contributed by atoms with Crippen LogP contribution < -0.4 is 5.69 Å². The zero-order chi connectivity index (χ0) is 13.1. The van der Waals surface area contributed by atoms with Gasteiger partial charge in [-0.15, -0.1) is 5.10 Å². The summed E-state index contributed by atoms with van der Waals surface area (Å²) in [7, 11) is 0. The second kappa shape index (κ2) is 5.29. The SMILES string of the molecule is CCn1c(Sc2ccc(Cl)cc2C#N)n[nH]c1=O. The third-order valence-corrected chi connectivity index (χ3v) is 3.61. The van der Waals surface area contributed by atoms with E-state index in [-0.39, 0.29) is 5.69 Å². The van der Waals surface area contributed by atoms with E-state index in [2.05, 4.69) is 16.3 Å². The van der Waals surface area contributed by atoms with Gasteiger partial charge in [0.25, 0.3) is 0 Å². The van der Waals surface area contributed by atoms with Crippen LogP contribution in [0.4, 0.5) is 0 Å². The molecule has 5 nitrogen and oxygen atoms in total. The van der Waals surface area contributed by atoms with E-state index in [1.54, 1.807) is 18.2 Å². The second-order valence-corrected chi connectivity index (χ2v) is 4.86. The molecule has 1 aromatic heterocycles. The van der Waals surface area contributed by atoms with Crippen molar-refractivity contribution in [2.75, 3.05) is 0 Å². The van der Waals surface area contributed by atoms with Gasteiger partial charge in [-0.1, -0.05) is 11.6 Å². The molecule has 0 atom stereocenters. The number of nitrogens with zero attached hydrogens (tertiary/aromatic N) is 3. The minimum atomic E-state index is -0.257. The lowest BCUT2D eigenvalue weighted by molar-refractivity contribution is 0.660. The number of nitriles is 1. The summed E-state index contributed by atoms with van der Waals surface area (Å²) >= 11 is 7.08. The van der Waals surface area contributed by atoms with Crippen LogP contribution in [0.15, 0.2) is 33.0 Å². The number of hydrogen-bond acceptors (Lipinski definition) is 4. The molecule has 2 aromatic rings. The molecule has 0 saturated heterocycles. The Morgan fingerprint density at radius 2 is 2.39 bits per heavy atom. The van der Waals surface area contributed by atoms with Gasteiger partial charge in [-0.2, -0.15) is 5.26 Å². The second-order valence-electron chi connectivity index (χ2n) is 3.41. The van der Waals surface area contributed by atoms with Crippen LogP contribution in [0.1, 0.15) is 12.5 Å². The number of halogens is 1. The van der Waals surface area contributed by atoms with Crippen molar-refractivity contribution in [3.05, 3.63) is 39.3 Å². The molecule has 7 heteroatoms. The van der Waals surface area contributed by atoms with Crippen molar-refractivity contribution < 1.29 is 0 Å². The topological polar surface area (TPSA) is 74.5 Å². The lowest BCUT2D eigenvalue weighted by Gasteiger charge is -2.04. The third kappa shape index (κ3) is 2.42. The molecule has 18 heavy (non-hydrogen) atoms. The van der Waals surface area contributed by atoms with Crippen molar-refractivity contribution in [2.24, 2.45) is 0 Å². The number of H-pyrrole nitrogens is 1. The lowest BCUT2D eigenvalue weighted by atomic mass is 10.2. The molecule has 0 aliphatic carbocycles. The molecule has 1 aromatic carbocycles. The maximum absolute atomic E-state index is 11.4. The van der Waals surface area contributed by atoms with E-state index in [9.17, 15) is 4.79 Å². The van der Waals surface area contributed by atoms with Crippen LogP contribution in [-0.2, 0) is 6.54 Å². The summed E-state index contributed by atoms with van der Waals surface area (Å²) in [5.74, 6) is 0. The quantitative estimate of drug-likeness (QED) is 0.936. The van der Waals surface area contributed by atoms with Crippen molar-refractivity contribution in [2.45, 2.75) is 23.5 Å². The smallest absolute Gasteiger partial charge is 0.270 e. The Labute approximate surface area is 112 Å². The summed E-state index contributed by atoms with van der Waals surface area (Å²) in [6, 6.07) is 7.10.